The molecule has 184 valence electrons. The molecule has 0 aromatic carbocycles. The van der Waals surface area contributed by atoms with Gasteiger partial charge in [0.2, 0.25) is 11.8 Å². The van der Waals surface area contributed by atoms with E-state index in [0.29, 0.717) is 55.0 Å². The van der Waals surface area contributed by atoms with Gasteiger partial charge in [0.15, 0.2) is 0 Å². The summed E-state index contributed by atoms with van der Waals surface area (Å²) in [6, 6.07) is 0. The lowest BCUT2D eigenvalue weighted by atomic mass is 9.75. The van der Waals surface area contributed by atoms with Gasteiger partial charge < -0.3 is 0 Å². The SMILES string of the molecule is CCCCCC/C=C/C1CC(=O)N(CC2CC3C4CC(CN5C(=O)C=CC5=O)C(C4)C3C2)C1=O. The lowest BCUT2D eigenvalue weighted by Crippen LogP contribution is -2.38. The molecule has 0 aromatic rings. The molecule has 2 aliphatic heterocycles. The van der Waals surface area contributed by atoms with Crippen molar-refractivity contribution in [3.8, 4) is 0 Å². The number of carbonyl (C=O) groups excluding carboxylic acids is 4. The first kappa shape index (κ1) is 23.5. The van der Waals surface area contributed by atoms with Crippen molar-refractivity contribution in [3.63, 3.8) is 0 Å². The Morgan fingerprint density at radius 2 is 1.62 bits per heavy atom. The van der Waals surface area contributed by atoms with Crippen molar-refractivity contribution in [2.45, 2.75) is 71.1 Å². The molecule has 0 N–H and O–H groups in total. The van der Waals surface area contributed by atoms with Gasteiger partial charge in [-0.05, 0) is 74.0 Å². The normalized spacial score (nSPS) is 36.8. The first-order valence-corrected chi connectivity index (χ1v) is 13.5. The van der Waals surface area contributed by atoms with E-state index >= 15 is 0 Å². The molecule has 6 nitrogen and oxygen atoms in total. The highest BCUT2D eigenvalue weighted by molar-refractivity contribution is 6.12. The second-order valence-corrected chi connectivity index (χ2v) is 11.4. The van der Waals surface area contributed by atoms with Crippen LogP contribution in [0.25, 0.3) is 0 Å². The van der Waals surface area contributed by atoms with Gasteiger partial charge in [-0.1, -0.05) is 38.3 Å². The molecule has 0 aromatic heterocycles. The fourth-order valence-corrected chi connectivity index (χ4v) is 7.79. The zero-order chi connectivity index (χ0) is 23.8. The Balaban J connectivity index is 1.12. The standard InChI is InChI=1S/C28H38N2O4/c1-2-3-4-5-6-7-8-19-15-27(33)30(28(19)34)16-18-11-22-20-13-21(23(14-20)24(22)12-18)17-29-25(31)9-10-26(29)32/h7-10,18-24H,2-6,11-17H2,1H3/b8-7+. The molecular weight excluding hydrogens is 428 g/mol. The van der Waals surface area contributed by atoms with Gasteiger partial charge in [0, 0.05) is 31.7 Å². The molecule has 5 rings (SSSR count). The molecule has 4 amide bonds. The van der Waals surface area contributed by atoms with Crippen LogP contribution >= 0.6 is 0 Å². The number of amides is 4. The highest BCUT2D eigenvalue weighted by atomic mass is 16.2. The van der Waals surface area contributed by atoms with Crippen LogP contribution in [0.1, 0.15) is 71.1 Å². The maximum absolute atomic E-state index is 12.9. The Hall–Kier alpha value is -2.24. The molecule has 7 unspecified atom stereocenters. The maximum Gasteiger partial charge on any atom is 0.253 e. The van der Waals surface area contributed by atoms with Crippen LogP contribution in [-0.4, -0.2) is 46.5 Å². The van der Waals surface area contributed by atoms with Gasteiger partial charge in [0.25, 0.3) is 11.8 Å². The van der Waals surface area contributed by atoms with Gasteiger partial charge in [-0.2, -0.15) is 0 Å². The third kappa shape index (κ3) is 4.40. The van der Waals surface area contributed by atoms with Crippen molar-refractivity contribution in [2.75, 3.05) is 13.1 Å². The minimum absolute atomic E-state index is 0.00808. The molecule has 0 spiro atoms. The predicted octanol–water partition coefficient (Wildman–Crippen LogP) is 4.11. The monoisotopic (exact) mass is 466 g/mol. The van der Waals surface area contributed by atoms with E-state index in [0.717, 1.165) is 32.1 Å². The number of fused-ring (bicyclic) bond motifs is 5. The Kier molecular flexibility index (Phi) is 6.76. The number of carbonyl (C=O) groups is 4. The van der Waals surface area contributed by atoms with E-state index in [-0.39, 0.29) is 29.5 Å². The summed E-state index contributed by atoms with van der Waals surface area (Å²) in [4.78, 5) is 52.6. The molecule has 3 aliphatic carbocycles. The van der Waals surface area contributed by atoms with Gasteiger partial charge in [0.05, 0.1) is 5.92 Å². The van der Waals surface area contributed by atoms with Gasteiger partial charge in [0.1, 0.15) is 0 Å². The number of hydrogen-bond acceptors (Lipinski definition) is 4. The summed E-state index contributed by atoms with van der Waals surface area (Å²) >= 11 is 0. The minimum Gasteiger partial charge on any atom is -0.282 e. The van der Waals surface area contributed by atoms with E-state index in [9.17, 15) is 19.2 Å². The third-order valence-corrected chi connectivity index (χ3v) is 9.33. The highest BCUT2D eigenvalue weighted by Crippen LogP contribution is 2.62. The molecule has 4 fully saturated rings. The van der Waals surface area contributed by atoms with Crippen LogP contribution in [0.4, 0.5) is 0 Å². The van der Waals surface area contributed by atoms with Gasteiger partial charge >= 0.3 is 0 Å². The van der Waals surface area contributed by atoms with Crippen LogP contribution in [-0.2, 0) is 19.2 Å². The summed E-state index contributed by atoms with van der Waals surface area (Å²) in [5, 5.41) is 0. The Morgan fingerprint density at radius 1 is 0.853 bits per heavy atom. The van der Waals surface area contributed by atoms with Crippen molar-refractivity contribution >= 4 is 23.6 Å². The van der Waals surface area contributed by atoms with Gasteiger partial charge in [-0.3, -0.25) is 29.0 Å². The molecule has 1 saturated heterocycles. The zero-order valence-corrected chi connectivity index (χ0v) is 20.4. The quantitative estimate of drug-likeness (QED) is 0.276. The third-order valence-electron chi connectivity index (χ3n) is 9.33. The molecule has 0 radical (unpaired) electrons. The van der Waals surface area contributed by atoms with E-state index in [1.807, 2.05) is 6.08 Å². The lowest BCUT2D eigenvalue weighted by Gasteiger charge is -2.33. The van der Waals surface area contributed by atoms with E-state index in [1.54, 1.807) is 4.90 Å². The average molecular weight is 467 g/mol. The highest BCUT2D eigenvalue weighted by Gasteiger charge is 2.56. The van der Waals surface area contributed by atoms with E-state index in [1.165, 1.54) is 42.7 Å². The summed E-state index contributed by atoms with van der Waals surface area (Å²) in [7, 11) is 0. The summed E-state index contributed by atoms with van der Waals surface area (Å²) in [5.41, 5.74) is 0. The van der Waals surface area contributed by atoms with Crippen molar-refractivity contribution in [2.24, 2.45) is 41.4 Å². The minimum atomic E-state index is -0.274. The second kappa shape index (κ2) is 9.79. The number of allylic oxidation sites excluding steroid dienone is 1. The van der Waals surface area contributed by atoms with Crippen molar-refractivity contribution < 1.29 is 19.2 Å². The van der Waals surface area contributed by atoms with Crippen molar-refractivity contribution in [1.82, 2.24) is 9.80 Å². The Morgan fingerprint density at radius 3 is 2.38 bits per heavy atom. The fraction of sp³-hybridized carbons (Fsp3) is 0.714. The van der Waals surface area contributed by atoms with Crippen LogP contribution in [0.15, 0.2) is 24.3 Å². The topological polar surface area (TPSA) is 74.8 Å². The number of likely N-dealkylation sites (tertiary alicyclic amines) is 1. The van der Waals surface area contributed by atoms with E-state index in [4.69, 9.17) is 0 Å². The molecule has 3 saturated carbocycles. The van der Waals surface area contributed by atoms with Crippen LogP contribution < -0.4 is 0 Å². The predicted molar refractivity (Wildman–Crippen MR) is 128 cm³/mol. The second-order valence-electron chi connectivity index (χ2n) is 11.4. The van der Waals surface area contributed by atoms with Crippen LogP contribution in [0, 0.1) is 41.4 Å². The number of nitrogens with zero attached hydrogens (tertiary/aromatic N) is 2. The fourth-order valence-electron chi connectivity index (χ4n) is 7.79. The average Bonchev–Trinajstić information content (AvgIpc) is 3.60. The number of imide groups is 2. The molecule has 2 bridgehead atoms. The number of unbranched alkanes of at least 4 members (excludes halogenated alkanes) is 4. The first-order valence-electron chi connectivity index (χ1n) is 13.5. The Labute approximate surface area is 202 Å². The largest absolute Gasteiger partial charge is 0.282 e. The number of hydrogen-bond donors (Lipinski definition) is 0. The number of rotatable bonds is 10. The van der Waals surface area contributed by atoms with Gasteiger partial charge in [-0.15, -0.1) is 0 Å². The van der Waals surface area contributed by atoms with Crippen molar-refractivity contribution in [3.05, 3.63) is 24.3 Å². The van der Waals surface area contributed by atoms with Crippen LogP contribution in [0.5, 0.6) is 0 Å². The summed E-state index contributed by atoms with van der Waals surface area (Å²) in [6.45, 7) is 3.32. The van der Waals surface area contributed by atoms with Gasteiger partial charge in [-0.25, -0.2) is 0 Å². The summed E-state index contributed by atoms with van der Waals surface area (Å²) in [6.07, 6.45) is 17.4. The van der Waals surface area contributed by atoms with Crippen LogP contribution in [0.3, 0.4) is 0 Å². The lowest BCUT2D eigenvalue weighted by molar-refractivity contribution is -0.140. The summed E-state index contributed by atoms with van der Waals surface area (Å²) in [5.74, 6) is 2.67. The van der Waals surface area contributed by atoms with Crippen molar-refractivity contribution in [1.29, 1.82) is 0 Å². The molecule has 6 heteroatoms. The molecule has 5 aliphatic rings. The maximum atomic E-state index is 12.9. The summed E-state index contributed by atoms with van der Waals surface area (Å²) < 4.78 is 0. The van der Waals surface area contributed by atoms with E-state index < -0.39 is 0 Å². The molecule has 34 heavy (non-hydrogen) atoms. The first-order chi connectivity index (χ1) is 16.5. The Bertz CT molecular complexity index is 890. The zero-order valence-electron chi connectivity index (χ0n) is 20.4. The van der Waals surface area contributed by atoms with E-state index in [2.05, 4.69) is 13.0 Å². The molecule has 2 heterocycles. The molecule has 7 atom stereocenters. The molecular formula is C28H38N2O4. The smallest absolute Gasteiger partial charge is 0.253 e. The van der Waals surface area contributed by atoms with Crippen LogP contribution in [0.2, 0.25) is 0 Å².